The number of halogens is 1. The van der Waals surface area contributed by atoms with Gasteiger partial charge in [0.2, 0.25) is 0 Å². The second-order valence-electron chi connectivity index (χ2n) is 3.25. The van der Waals surface area contributed by atoms with E-state index in [9.17, 15) is 9.59 Å². The van der Waals surface area contributed by atoms with Crippen molar-refractivity contribution in [3.8, 4) is 11.5 Å². The molecule has 0 aliphatic rings. The van der Waals surface area contributed by atoms with Gasteiger partial charge in [-0.2, -0.15) is 0 Å². The smallest absolute Gasteiger partial charge is 0.377 e. The number of carboxylic acids is 1. The van der Waals surface area contributed by atoms with Gasteiger partial charge in [0.25, 0.3) is 5.78 Å². The van der Waals surface area contributed by atoms with Crippen molar-refractivity contribution in [3.63, 3.8) is 0 Å². The van der Waals surface area contributed by atoms with E-state index in [1.807, 2.05) is 0 Å². The molecular formula is C11H11BrO5. The minimum absolute atomic E-state index is 0.0446. The fourth-order valence-electron chi connectivity index (χ4n) is 1.41. The molecule has 1 rings (SSSR count). The summed E-state index contributed by atoms with van der Waals surface area (Å²) in [5, 5.41) is 8.77. The number of aryl methyl sites for hydroxylation is 1. The van der Waals surface area contributed by atoms with Gasteiger partial charge in [0.05, 0.1) is 19.8 Å². The van der Waals surface area contributed by atoms with Gasteiger partial charge in [-0.1, -0.05) is 0 Å². The molecule has 0 atom stereocenters. The number of hydrogen-bond donors (Lipinski definition) is 1. The molecule has 0 radical (unpaired) electrons. The van der Waals surface area contributed by atoms with E-state index in [1.165, 1.54) is 14.2 Å². The van der Waals surface area contributed by atoms with E-state index in [0.717, 1.165) is 0 Å². The molecule has 0 saturated heterocycles. The molecule has 0 saturated carbocycles. The van der Waals surface area contributed by atoms with Crippen LogP contribution in [0.4, 0.5) is 0 Å². The Hall–Kier alpha value is -1.56. The number of carbonyl (C=O) groups is 2. The van der Waals surface area contributed by atoms with Crippen LogP contribution in [-0.2, 0) is 4.79 Å². The van der Waals surface area contributed by atoms with Gasteiger partial charge >= 0.3 is 5.97 Å². The molecule has 6 heteroatoms. The standard InChI is InChI=1S/C11H11BrO5/c1-5-4-6(16-2)10(17-3)7(8(5)12)9(13)11(14)15/h4H,1-3H3,(H,14,15). The molecule has 0 bridgehead atoms. The van der Waals surface area contributed by atoms with E-state index >= 15 is 0 Å². The van der Waals surface area contributed by atoms with Crippen molar-refractivity contribution in [1.29, 1.82) is 0 Å². The van der Waals surface area contributed by atoms with E-state index in [2.05, 4.69) is 15.9 Å². The first-order chi connectivity index (χ1) is 7.93. The van der Waals surface area contributed by atoms with Crippen LogP contribution >= 0.6 is 15.9 Å². The molecular weight excluding hydrogens is 292 g/mol. The van der Waals surface area contributed by atoms with Gasteiger partial charge in [0.1, 0.15) is 0 Å². The first-order valence-electron chi connectivity index (χ1n) is 4.62. The highest BCUT2D eigenvalue weighted by Crippen LogP contribution is 2.38. The summed E-state index contributed by atoms with van der Waals surface area (Å²) in [5.41, 5.74) is 0.643. The van der Waals surface area contributed by atoms with E-state index < -0.39 is 11.8 Å². The third-order valence-corrected chi connectivity index (χ3v) is 3.23. The second-order valence-corrected chi connectivity index (χ2v) is 4.05. The Morgan fingerprint density at radius 3 is 2.29 bits per heavy atom. The quantitative estimate of drug-likeness (QED) is 0.680. The number of Topliss-reactive ketones (excluding diaryl/α,β-unsaturated/α-hetero) is 1. The van der Waals surface area contributed by atoms with Crippen molar-refractivity contribution >= 4 is 27.7 Å². The largest absolute Gasteiger partial charge is 0.493 e. The van der Waals surface area contributed by atoms with Crippen molar-refractivity contribution in [2.45, 2.75) is 6.92 Å². The molecule has 0 amide bonds. The summed E-state index contributed by atoms with van der Waals surface area (Å²) in [7, 11) is 2.76. The number of methoxy groups -OCH3 is 2. The maximum atomic E-state index is 11.6. The number of carboxylic acid groups (broad SMARTS) is 1. The van der Waals surface area contributed by atoms with Crippen molar-refractivity contribution in [3.05, 3.63) is 21.7 Å². The van der Waals surface area contributed by atoms with Gasteiger partial charge in [0, 0.05) is 4.47 Å². The van der Waals surface area contributed by atoms with Crippen molar-refractivity contribution in [2.24, 2.45) is 0 Å². The zero-order chi connectivity index (χ0) is 13.2. The number of aliphatic carboxylic acids is 1. The SMILES string of the molecule is COc1cc(C)c(Br)c(C(=O)C(=O)O)c1OC. The molecule has 0 unspecified atom stereocenters. The van der Waals surface area contributed by atoms with Crippen LogP contribution in [0.3, 0.4) is 0 Å². The topological polar surface area (TPSA) is 72.8 Å². The fourth-order valence-corrected chi connectivity index (χ4v) is 1.88. The van der Waals surface area contributed by atoms with Crippen molar-refractivity contribution in [2.75, 3.05) is 14.2 Å². The Morgan fingerprint density at radius 1 is 1.29 bits per heavy atom. The average molecular weight is 303 g/mol. The van der Waals surface area contributed by atoms with Crippen LogP contribution in [0.1, 0.15) is 15.9 Å². The lowest BCUT2D eigenvalue weighted by atomic mass is 10.1. The normalized spacial score (nSPS) is 9.88. The summed E-state index contributed by atoms with van der Waals surface area (Å²) in [4.78, 5) is 22.4. The highest BCUT2D eigenvalue weighted by molar-refractivity contribution is 9.10. The van der Waals surface area contributed by atoms with Gasteiger partial charge in [-0.3, -0.25) is 4.79 Å². The molecule has 0 spiro atoms. The number of ether oxygens (including phenoxy) is 2. The Morgan fingerprint density at radius 2 is 1.88 bits per heavy atom. The van der Waals surface area contributed by atoms with Crippen molar-refractivity contribution in [1.82, 2.24) is 0 Å². The molecule has 5 nitrogen and oxygen atoms in total. The summed E-state index contributed by atoms with van der Waals surface area (Å²) in [6.45, 7) is 1.73. The maximum Gasteiger partial charge on any atom is 0.377 e. The summed E-state index contributed by atoms with van der Waals surface area (Å²) >= 11 is 3.18. The lowest BCUT2D eigenvalue weighted by molar-refractivity contribution is -0.131. The molecule has 0 heterocycles. The summed E-state index contributed by atoms with van der Waals surface area (Å²) < 4.78 is 10.5. The Kier molecular flexibility index (Phi) is 4.11. The van der Waals surface area contributed by atoms with Crippen molar-refractivity contribution < 1.29 is 24.2 Å². The molecule has 1 N–H and O–H groups in total. The Balaban J connectivity index is 3.60. The monoisotopic (exact) mass is 302 g/mol. The van der Waals surface area contributed by atoms with Crippen LogP contribution in [-0.4, -0.2) is 31.1 Å². The van der Waals surface area contributed by atoms with Gasteiger partial charge in [-0.25, -0.2) is 4.79 Å². The minimum Gasteiger partial charge on any atom is -0.493 e. The number of benzene rings is 1. The number of ketones is 1. The number of rotatable bonds is 4. The molecule has 92 valence electrons. The van der Waals surface area contributed by atoms with Crippen LogP contribution in [0, 0.1) is 6.92 Å². The molecule has 1 aromatic rings. The summed E-state index contributed by atoms with van der Waals surface area (Å²) in [6.07, 6.45) is 0. The molecule has 0 aliphatic heterocycles. The first kappa shape index (κ1) is 13.5. The minimum atomic E-state index is -1.54. The maximum absolute atomic E-state index is 11.6. The number of carbonyl (C=O) groups excluding carboxylic acids is 1. The molecule has 0 aromatic heterocycles. The molecule has 0 fully saturated rings. The van der Waals surface area contributed by atoms with Gasteiger partial charge < -0.3 is 14.6 Å². The van der Waals surface area contributed by atoms with Gasteiger partial charge in [-0.15, -0.1) is 0 Å². The highest BCUT2D eigenvalue weighted by Gasteiger charge is 2.26. The van der Waals surface area contributed by atoms with Gasteiger partial charge in [0.15, 0.2) is 11.5 Å². The van der Waals surface area contributed by atoms with Crippen LogP contribution in [0.15, 0.2) is 10.5 Å². The zero-order valence-electron chi connectivity index (χ0n) is 9.54. The first-order valence-corrected chi connectivity index (χ1v) is 5.42. The fraction of sp³-hybridized carbons (Fsp3) is 0.273. The van der Waals surface area contributed by atoms with E-state index in [-0.39, 0.29) is 11.3 Å². The van der Waals surface area contributed by atoms with Crippen LogP contribution in [0.25, 0.3) is 0 Å². The highest BCUT2D eigenvalue weighted by atomic mass is 79.9. The third kappa shape index (κ3) is 2.41. The van der Waals surface area contributed by atoms with Crippen LogP contribution in [0.5, 0.6) is 11.5 Å². The summed E-state index contributed by atoms with van der Waals surface area (Å²) in [5.74, 6) is -2.16. The third-order valence-electron chi connectivity index (χ3n) is 2.21. The van der Waals surface area contributed by atoms with Gasteiger partial charge in [-0.05, 0) is 34.5 Å². The molecule has 17 heavy (non-hydrogen) atoms. The lowest BCUT2D eigenvalue weighted by Crippen LogP contribution is -2.15. The predicted octanol–water partition coefficient (Wildman–Crippen LogP) is 2.04. The Bertz CT molecular complexity index is 481. The van der Waals surface area contributed by atoms with Crippen LogP contribution in [0.2, 0.25) is 0 Å². The lowest BCUT2D eigenvalue weighted by Gasteiger charge is -2.14. The molecule has 1 aromatic carbocycles. The van der Waals surface area contributed by atoms with E-state index in [0.29, 0.717) is 15.8 Å². The van der Waals surface area contributed by atoms with E-state index in [4.69, 9.17) is 14.6 Å². The predicted molar refractivity (Wildman–Crippen MR) is 63.9 cm³/mol. The van der Waals surface area contributed by atoms with Crippen LogP contribution < -0.4 is 9.47 Å². The van der Waals surface area contributed by atoms with E-state index in [1.54, 1.807) is 13.0 Å². The average Bonchev–Trinajstić information content (AvgIpc) is 2.30. The summed E-state index contributed by atoms with van der Waals surface area (Å²) in [6, 6.07) is 1.65. The zero-order valence-corrected chi connectivity index (χ0v) is 11.1. The number of hydrogen-bond acceptors (Lipinski definition) is 4. The second kappa shape index (κ2) is 5.18. The molecule has 0 aliphatic carbocycles. The Labute approximate surface area is 106 Å².